The zero-order chi connectivity index (χ0) is 32.4. The van der Waals surface area contributed by atoms with E-state index >= 15 is 0 Å². The molecule has 1 N–H and O–H groups in total. The standard InChI is InChI=1S/C42H38ClNO3/c1-28-22-24-30(25-23-28)42(29-12-3-2-4-13-29,37-19-9-10-20-38(37)43)26-40(45)35-18-11-21-39(35)44-41(46)47-27-36-33-16-7-5-14-31(33)32-15-6-8-17-34(32)36/h2-10,12-17,19-20,22-25,35-36,39H,11,18,21,26-27H2,1H3,(H,44,46)/t35-,39-,42?/m1/s1. The van der Waals surface area contributed by atoms with E-state index in [0.29, 0.717) is 11.4 Å². The Hall–Kier alpha value is -4.67. The van der Waals surface area contributed by atoms with Crippen LogP contribution in [0.4, 0.5) is 4.79 Å². The molecule has 1 amide bonds. The number of halogens is 1. The molecular weight excluding hydrogens is 602 g/mol. The van der Waals surface area contributed by atoms with Crippen molar-refractivity contribution in [3.8, 4) is 11.1 Å². The highest BCUT2D eigenvalue weighted by molar-refractivity contribution is 6.31. The average Bonchev–Trinajstić information content (AvgIpc) is 3.70. The van der Waals surface area contributed by atoms with Crippen molar-refractivity contribution in [2.75, 3.05) is 6.61 Å². The first kappa shape index (κ1) is 31.0. The SMILES string of the molecule is Cc1ccc(C(CC(=O)[C@@H]2CCC[C@H]2NC(=O)OCC2c3ccccc3-c3ccccc32)(c2ccccc2)c2ccccc2Cl)cc1. The van der Waals surface area contributed by atoms with E-state index in [1.807, 2.05) is 66.7 Å². The molecule has 0 radical (unpaired) electrons. The third-order valence-corrected chi connectivity index (χ3v) is 10.5. The second-order valence-corrected chi connectivity index (χ2v) is 13.3. The first-order valence-electron chi connectivity index (χ1n) is 16.5. The molecule has 5 aromatic rings. The molecule has 1 fully saturated rings. The van der Waals surface area contributed by atoms with Crippen molar-refractivity contribution < 1.29 is 14.3 Å². The Morgan fingerprint density at radius 1 is 0.745 bits per heavy atom. The number of benzene rings is 5. The van der Waals surface area contributed by atoms with Gasteiger partial charge in [-0.25, -0.2) is 4.79 Å². The van der Waals surface area contributed by atoms with E-state index in [9.17, 15) is 9.59 Å². The Bertz CT molecular complexity index is 1860. The average molecular weight is 640 g/mol. The number of hydrogen-bond acceptors (Lipinski definition) is 3. The van der Waals surface area contributed by atoms with Crippen molar-refractivity contribution in [2.24, 2.45) is 5.92 Å². The molecule has 47 heavy (non-hydrogen) atoms. The number of ketones is 1. The molecule has 5 heteroatoms. The Labute approximate surface area is 281 Å². The summed E-state index contributed by atoms with van der Waals surface area (Å²) < 4.78 is 5.89. The smallest absolute Gasteiger partial charge is 0.407 e. The van der Waals surface area contributed by atoms with E-state index < -0.39 is 11.5 Å². The number of fused-ring (bicyclic) bond motifs is 3. The molecule has 1 unspecified atom stereocenters. The van der Waals surface area contributed by atoms with Gasteiger partial charge in [-0.1, -0.05) is 145 Å². The Balaban J connectivity index is 1.13. The van der Waals surface area contributed by atoms with Gasteiger partial charge in [-0.2, -0.15) is 0 Å². The van der Waals surface area contributed by atoms with Gasteiger partial charge in [-0.3, -0.25) is 4.79 Å². The van der Waals surface area contributed by atoms with Crippen LogP contribution in [0.2, 0.25) is 5.02 Å². The van der Waals surface area contributed by atoms with Gasteiger partial charge in [0.2, 0.25) is 0 Å². The molecule has 0 spiro atoms. The van der Waals surface area contributed by atoms with Crippen molar-refractivity contribution >= 4 is 23.5 Å². The summed E-state index contributed by atoms with van der Waals surface area (Å²) in [6.07, 6.45) is 2.05. The van der Waals surface area contributed by atoms with E-state index in [1.165, 1.54) is 22.3 Å². The number of rotatable bonds is 9. The lowest BCUT2D eigenvalue weighted by molar-refractivity contribution is -0.124. The number of carbonyl (C=O) groups is 2. The molecule has 2 aliphatic rings. The minimum absolute atomic E-state index is 0.0224. The van der Waals surface area contributed by atoms with Gasteiger partial charge >= 0.3 is 6.09 Å². The second-order valence-electron chi connectivity index (χ2n) is 12.9. The molecule has 236 valence electrons. The quantitative estimate of drug-likeness (QED) is 0.163. The predicted octanol–water partition coefficient (Wildman–Crippen LogP) is 9.65. The zero-order valence-electron chi connectivity index (χ0n) is 26.5. The molecule has 7 rings (SSSR count). The molecule has 0 saturated heterocycles. The maximum Gasteiger partial charge on any atom is 0.407 e. The summed E-state index contributed by atoms with van der Waals surface area (Å²) in [4.78, 5) is 27.9. The van der Waals surface area contributed by atoms with Crippen LogP contribution < -0.4 is 5.32 Å². The van der Waals surface area contributed by atoms with Crippen molar-refractivity contribution in [3.63, 3.8) is 0 Å². The zero-order valence-corrected chi connectivity index (χ0v) is 27.3. The van der Waals surface area contributed by atoms with Crippen molar-refractivity contribution in [3.05, 3.63) is 166 Å². The summed E-state index contributed by atoms with van der Waals surface area (Å²) in [5.74, 6) is -0.243. The number of nitrogens with one attached hydrogen (secondary N) is 1. The number of aryl methyl sites for hydroxylation is 1. The number of Topliss-reactive ketones (excluding diaryl/α,β-unsaturated/α-hetero) is 1. The summed E-state index contributed by atoms with van der Waals surface area (Å²) in [5.41, 5.74) is 7.96. The van der Waals surface area contributed by atoms with Gasteiger partial charge in [0.1, 0.15) is 12.4 Å². The van der Waals surface area contributed by atoms with Crippen LogP contribution in [0.15, 0.2) is 127 Å². The van der Waals surface area contributed by atoms with Crippen molar-refractivity contribution in [2.45, 2.75) is 50.0 Å². The van der Waals surface area contributed by atoms with Crippen LogP contribution >= 0.6 is 11.6 Å². The van der Waals surface area contributed by atoms with Gasteiger partial charge < -0.3 is 10.1 Å². The van der Waals surface area contributed by atoms with Gasteiger partial charge in [-0.05, 0) is 64.8 Å². The summed E-state index contributed by atoms with van der Waals surface area (Å²) >= 11 is 6.95. The fourth-order valence-corrected chi connectivity index (χ4v) is 8.14. The highest BCUT2D eigenvalue weighted by Gasteiger charge is 2.44. The maximum absolute atomic E-state index is 14.6. The molecule has 4 nitrogen and oxygen atoms in total. The second kappa shape index (κ2) is 13.2. The third-order valence-electron chi connectivity index (χ3n) is 10.2. The third kappa shape index (κ3) is 5.87. The van der Waals surface area contributed by atoms with Crippen LogP contribution in [0.1, 0.15) is 65.0 Å². The highest BCUT2D eigenvalue weighted by atomic mass is 35.5. The van der Waals surface area contributed by atoms with Gasteiger partial charge in [0.25, 0.3) is 0 Å². The molecular formula is C42H38ClNO3. The minimum atomic E-state index is -0.804. The predicted molar refractivity (Wildman–Crippen MR) is 188 cm³/mol. The first-order valence-corrected chi connectivity index (χ1v) is 16.9. The van der Waals surface area contributed by atoms with Gasteiger partial charge in [0.05, 0.1) is 5.41 Å². The monoisotopic (exact) mass is 639 g/mol. The molecule has 5 aromatic carbocycles. The summed E-state index contributed by atoms with van der Waals surface area (Å²) in [5, 5.41) is 3.71. The van der Waals surface area contributed by atoms with Crippen LogP contribution in [-0.4, -0.2) is 24.5 Å². The van der Waals surface area contributed by atoms with Crippen LogP contribution in [0.5, 0.6) is 0 Å². The van der Waals surface area contributed by atoms with Crippen LogP contribution in [0.3, 0.4) is 0 Å². The largest absolute Gasteiger partial charge is 0.449 e. The highest BCUT2D eigenvalue weighted by Crippen LogP contribution is 2.47. The maximum atomic E-state index is 14.6. The number of amides is 1. The number of alkyl carbamates (subject to hydrolysis) is 1. The number of carbonyl (C=O) groups excluding carboxylic acids is 2. The lowest BCUT2D eigenvalue weighted by atomic mass is 9.65. The van der Waals surface area contributed by atoms with Crippen molar-refractivity contribution in [1.82, 2.24) is 5.32 Å². The minimum Gasteiger partial charge on any atom is -0.449 e. The van der Waals surface area contributed by atoms with Crippen LogP contribution in [-0.2, 0) is 14.9 Å². The summed E-state index contributed by atoms with van der Waals surface area (Å²) in [6, 6.07) is 42.7. The molecule has 0 aromatic heterocycles. The van der Waals surface area contributed by atoms with E-state index in [-0.39, 0.29) is 36.7 Å². The summed E-state index contributed by atoms with van der Waals surface area (Å²) in [7, 11) is 0. The lowest BCUT2D eigenvalue weighted by Crippen LogP contribution is -2.43. The summed E-state index contributed by atoms with van der Waals surface area (Å²) in [6.45, 7) is 2.30. The molecule has 3 atom stereocenters. The molecule has 0 bridgehead atoms. The van der Waals surface area contributed by atoms with Gasteiger partial charge in [-0.15, -0.1) is 0 Å². The molecule has 1 saturated carbocycles. The Morgan fingerprint density at radius 2 is 1.34 bits per heavy atom. The Kier molecular flexibility index (Phi) is 8.70. The first-order chi connectivity index (χ1) is 23.0. The van der Waals surface area contributed by atoms with Crippen LogP contribution in [0, 0.1) is 12.8 Å². The van der Waals surface area contributed by atoms with Gasteiger partial charge in [0, 0.05) is 29.3 Å². The fourth-order valence-electron chi connectivity index (χ4n) is 7.85. The number of hydrogen-bond donors (Lipinski definition) is 1. The van der Waals surface area contributed by atoms with Gasteiger partial charge in [0.15, 0.2) is 0 Å². The topological polar surface area (TPSA) is 55.4 Å². The van der Waals surface area contributed by atoms with E-state index in [4.69, 9.17) is 16.3 Å². The Morgan fingerprint density at radius 3 is 2.02 bits per heavy atom. The van der Waals surface area contributed by atoms with E-state index in [0.717, 1.165) is 35.1 Å². The lowest BCUT2D eigenvalue weighted by Gasteiger charge is -2.37. The number of ether oxygens (including phenoxy) is 1. The molecule has 0 aliphatic heterocycles. The molecule has 2 aliphatic carbocycles. The normalized spacial score (nSPS) is 18.2. The van der Waals surface area contributed by atoms with Crippen LogP contribution in [0.25, 0.3) is 11.1 Å². The van der Waals surface area contributed by atoms with Crippen molar-refractivity contribution in [1.29, 1.82) is 0 Å². The van der Waals surface area contributed by atoms with E-state index in [2.05, 4.69) is 72.9 Å². The molecule has 0 heterocycles. The fraction of sp³-hybridized carbons (Fsp3) is 0.238. The van der Waals surface area contributed by atoms with E-state index in [1.54, 1.807) is 0 Å².